The molecule has 10 nitrogen and oxygen atoms in total. The SMILES string of the molecule is N#C/C(=N\Nc1cc(N2CCN(Cc3ccccc3)CC2)ccc1[N+](=O)[O-])C(=N)N. The van der Waals surface area contributed by atoms with E-state index >= 15 is 0 Å². The highest BCUT2D eigenvalue weighted by atomic mass is 16.6. The van der Waals surface area contributed by atoms with E-state index in [1.54, 1.807) is 18.2 Å². The van der Waals surface area contributed by atoms with E-state index in [9.17, 15) is 10.1 Å². The lowest BCUT2D eigenvalue weighted by molar-refractivity contribution is -0.383. The van der Waals surface area contributed by atoms with Crippen molar-refractivity contribution < 1.29 is 4.92 Å². The van der Waals surface area contributed by atoms with Gasteiger partial charge in [-0.3, -0.25) is 25.8 Å². The largest absolute Gasteiger partial charge is 0.382 e. The monoisotopic (exact) mass is 406 g/mol. The Labute approximate surface area is 173 Å². The first kappa shape index (κ1) is 20.8. The number of hydrogen-bond acceptors (Lipinski definition) is 8. The molecule has 0 unspecified atom stereocenters. The molecule has 0 aromatic heterocycles. The van der Waals surface area contributed by atoms with Gasteiger partial charge in [0.2, 0.25) is 5.71 Å². The van der Waals surface area contributed by atoms with Crippen LogP contribution in [0.15, 0.2) is 53.6 Å². The summed E-state index contributed by atoms with van der Waals surface area (Å²) in [5.41, 5.74) is 9.49. The van der Waals surface area contributed by atoms with Gasteiger partial charge in [0.15, 0.2) is 5.84 Å². The van der Waals surface area contributed by atoms with Crippen LogP contribution in [-0.2, 0) is 6.54 Å². The Morgan fingerprint density at radius 1 is 1.23 bits per heavy atom. The van der Waals surface area contributed by atoms with Crippen molar-refractivity contribution in [1.82, 2.24) is 4.90 Å². The second-order valence-corrected chi connectivity index (χ2v) is 6.81. The zero-order chi connectivity index (χ0) is 21.5. The molecule has 1 fully saturated rings. The van der Waals surface area contributed by atoms with Gasteiger partial charge in [-0.25, -0.2) is 0 Å². The topological polar surface area (TPSA) is 148 Å². The van der Waals surface area contributed by atoms with Crippen LogP contribution in [0.3, 0.4) is 0 Å². The summed E-state index contributed by atoms with van der Waals surface area (Å²) in [5.74, 6) is -0.515. The van der Waals surface area contributed by atoms with Crippen molar-refractivity contribution in [3.8, 4) is 6.07 Å². The molecule has 0 amide bonds. The molecule has 2 aromatic rings. The predicted molar refractivity (Wildman–Crippen MR) is 116 cm³/mol. The summed E-state index contributed by atoms with van der Waals surface area (Å²) in [5, 5.41) is 31.3. The second kappa shape index (κ2) is 9.49. The van der Waals surface area contributed by atoms with E-state index in [4.69, 9.17) is 16.4 Å². The van der Waals surface area contributed by atoms with Crippen LogP contribution >= 0.6 is 0 Å². The van der Waals surface area contributed by atoms with E-state index in [1.807, 2.05) is 18.2 Å². The van der Waals surface area contributed by atoms with Crippen molar-refractivity contribution in [2.75, 3.05) is 36.5 Å². The highest BCUT2D eigenvalue weighted by Crippen LogP contribution is 2.30. The Balaban J connectivity index is 1.71. The van der Waals surface area contributed by atoms with Gasteiger partial charge in [-0.2, -0.15) is 10.4 Å². The maximum Gasteiger partial charge on any atom is 0.294 e. The minimum atomic E-state index is -0.529. The van der Waals surface area contributed by atoms with Crippen LogP contribution < -0.4 is 16.1 Å². The van der Waals surface area contributed by atoms with Crippen molar-refractivity contribution in [3.63, 3.8) is 0 Å². The van der Waals surface area contributed by atoms with Gasteiger partial charge in [-0.05, 0) is 17.7 Å². The molecule has 0 radical (unpaired) electrons. The summed E-state index contributed by atoms with van der Waals surface area (Å²) in [6.45, 7) is 4.19. The first-order chi connectivity index (χ1) is 14.5. The minimum Gasteiger partial charge on any atom is -0.382 e. The van der Waals surface area contributed by atoms with Gasteiger partial charge in [0.05, 0.1) is 4.92 Å². The summed E-state index contributed by atoms with van der Waals surface area (Å²) < 4.78 is 0. The lowest BCUT2D eigenvalue weighted by atomic mass is 10.1. The molecule has 1 aliphatic rings. The molecule has 4 N–H and O–H groups in total. The number of hydrogen-bond donors (Lipinski definition) is 3. The number of benzene rings is 2. The van der Waals surface area contributed by atoms with Crippen molar-refractivity contribution in [2.24, 2.45) is 10.8 Å². The first-order valence-corrected chi connectivity index (χ1v) is 9.36. The van der Waals surface area contributed by atoms with Crippen molar-refractivity contribution in [1.29, 1.82) is 10.7 Å². The van der Waals surface area contributed by atoms with Crippen LogP contribution in [0.5, 0.6) is 0 Å². The van der Waals surface area contributed by atoms with Gasteiger partial charge in [-0.1, -0.05) is 30.3 Å². The van der Waals surface area contributed by atoms with Crippen molar-refractivity contribution in [2.45, 2.75) is 6.54 Å². The quantitative estimate of drug-likeness (QED) is 0.276. The number of nitrogens with two attached hydrogens (primary N) is 1. The fourth-order valence-corrected chi connectivity index (χ4v) is 3.24. The number of piperazine rings is 1. The van der Waals surface area contributed by atoms with Crippen LogP contribution in [0.25, 0.3) is 0 Å². The number of nitro groups is 1. The first-order valence-electron chi connectivity index (χ1n) is 9.36. The Kier molecular flexibility index (Phi) is 6.56. The number of nitriles is 1. The molecule has 10 heteroatoms. The average molecular weight is 406 g/mol. The highest BCUT2D eigenvalue weighted by molar-refractivity contribution is 6.45. The third kappa shape index (κ3) is 5.09. The normalized spacial score (nSPS) is 14.8. The molecule has 1 saturated heterocycles. The Bertz CT molecular complexity index is 992. The van der Waals surface area contributed by atoms with E-state index in [1.165, 1.54) is 11.6 Å². The predicted octanol–water partition coefficient (Wildman–Crippen LogP) is 2.14. The molecule has 1 aliphatic heterocycles. The van der Waals surface area contributed by atoms with Crippen LogP contribution in [-0.4, -0.2) is 47.5 Å². The summed E-state index contributed by atoms with van der Waals surface area (Å²) in [6.07, 6.45) is 0. The van der Waals surface area contributed by atoms with E-state index in [0.29, 0.717) is 0 Å². The fraction of sp³-hybridized carbons (Fsp3) is 0.250. The zero-order valence-electron chi connectivity index (χ0n) is 16.3. The van der Waals surface area contributed by atoms with Crippen molar-refractivity contribution in [3.05, 3.63) is 64.2 Å². The molecule has 154 valence electrons. The fourth-order valence-electron chi connectivity index (χ4n) is 3.24. The lowest BCUT2D eigenvalue weighted by Crippen LogP contribution is -2.45. The molecule has 0 aliphatic carbocycles. The molecule has 0 atom stereocenters. The van der Waals surface area contributed by atoms with Gasteiger partial charge in [0.1, 0.15) is 11.8 Å². The average Bonchev–Trinajstić information content (AvgIpc) is 2.75. The molecular weight excluding hydrogens is 384 g/mol. The van der Waals surface area contributed by atoms with Crippen molar-refractivity contribution >= 4 is 28.6 Å². The molecule has 0 spiro atoms. The zero-order valence-corrected chi connectivity index (χ0v) is 16.3. The minimum absolute atomic E-state index is 0.137. The van der Waals surface area contributed by atoms with Crippen LogP contribution in [0, 0.1) is 26.9 Å². The number of nitrogens with zero attached hydrogens (tertiary/aromatic N) is 5. The number of anilines is 2. The van der Waals surface area contributed by atoms with E-state index in [0.717, 1.165) is 38.4 Å². The van der Waals surface area contributed by atoms with Gasteiger partial charge in [-0.15, -0.1) is 0 Å². The molecular formula is C20H22N8O2. The highest BCUT2D eigenvalue weighted by Gasteiger charge is 2.21. The number of hydrazone groups is 1. The lowest BCUT2D eigenvalue weighted by Gasteiger charge is -2.36. The Morgan fingerprint density at radius 2 is 1.93 bits per heavy atom. The van der Waals surface area contributed by atoms with Gasteiger partial charge >= 0.3 is 0 Å². The summed E-state index contributed by atoms with van der Waals surface area (Å²) in [6, 6.07) is 16.7. The Hall–Kier alpha value is -3.97. The van der Waals surface area contributed by atoms with Gasteiger partial charge in [0.25, 0.3) is 5.69 Å². The maximum atomic E-state index is 11.3. The molecule has 0 saturated carbocycles. The van der Waals surface area contributed by atoms with E-state index < -0.39 is 10.8 Å². The third-order valence-corrected chi connectivity index (χ3v) is 4.81. The van der Waals surface area contributed by atoms with Gasteiger partial charge in [0, 0.05) is 44.5 Å². The van der Waals surface area contributed by atoms with Crippen LogP contribution in [0.2, 0.25) is 0 Å². The van der Waals surface area contributed by atoms with E-state index in [2.05, 4.69) is 32.5 Å². The third-order valence-electron chi connectivity index (χ3n) is 4.81. The molecule has 0 bridgehead atoms. The second-order valence-electron chi connectivity index (χ2n) is 6.81. The number of rotatable bonds is 7. The Morgan fingerprint density at radius 3 is 2.53 bits per heavy atom. The molecule has 3 rings (SSSR count). The maximum absolute atomic E-state index is 11.3. The summed E-state index contributed by atoms with van der Waals surface area (Å²) in [4.78, 5) is 15.3. The molecule has 30 heavy (non-hydrogen) atoms. The number of amidine groups is 1. The standard InChI is InChI=1S/C20H22N8O2/c21-13-18(20(22)23)25-24-17-12-16(6-7-19(17)28(29)30)27-10-8-26(9-11-27)14-15-4-2-1-3-5-15/h1-7,12,24H,8-11,14H2,(H3,22,23)/b25-18+. The smallest absolute Gasteiger partial charge is 0.294 e. The molecule has 1 heterocycles. The summed E-state index contributed by atoms with van der Waals surface area (Å²) >= 11 is 0. The summed E-state index contributed by atoms with van der Waals surface area (Å²) in [7, 11) is 0. The van der Waals surface area contributed by atoms with Crippen LogP contribution in [0.4, 0.5) is 17.1 Å². The number of nitro benzene ring substituents is 1. The van der Waals surface area contributed by atoms with E-state index in [-0.39, 0.29) is 17.1 Å². The van der Waals surface area contributed by atoms with Gasteiger partial charge < -0.3 is 10.6 Å². The molecule has 2 aromatic carbocycles. The number of nitrogens with one attached hydrogen (secondary N) is 2. The van der Waals surface area contributed by atoms with Crippen LogP contribution in [0.1, 0.15) is 5.56 Å².